The number of aldehydes is 2. The highest BCUT2D eigenvalue weighted by molar-refractivity contribution is 5.79. The van der Waals surface area contributed by atoms with Crippen LogP contribution in [0.4, 0.5) is 36.4 Å². The van der Waals surface area contributed by atoms with Gasteiger partial charge >= 0.3 is 12.4 Å². The van der Waals surface area contributed by atoms with Gasteiger partial charge in [-0.1, -0.05) is 7.43 Å². The van der Waals surface area contributed by atoms with Gasteiger partial charge in [-0.05, 0) is 36.4 Å². The van der Waals surface area contributed by atoms with E-state index in [0.29, 0.717) is 38.1 Å². The Labute approximate surface area is 215 Å². The van der Waals surface area contributed by atoms with Gasteiger partial charge in [0.15, 0.2) is 12.6 Å². The third kappa shape index (κ3) is 10.4. The van der Waals surface area contributed by atoms with Crippen molar-refractivity contribution >= 4 is 18.3 Å². The summed E-state index contributed by atoms with van der Waals surface area (Å²) in [5.74, 6) is -1.02. The Balaban J connectivity index is 0.000000315. The van der Waals surface area contributed by atoms with Crippen LogP contribution in [0.5, 0.6) is 0 Å². The molecule has 212 valence electrons. The topological polar surface area (TPSA) is 67.9 Å². The molecule has 1 N–H and O–H groups in total. The van der Waals surface area contributed by atoms with Crippen LogP contribution >= 0.6 is 0 Å². The van der Waals surface area contributed by atoms with E-state index in [1.807, 2.05) is 4.90 Å². The number of nitrogens with zero attached hydrogens (tertiary/aromatic N) is 1. The minimum Gasteiger partial charge on any atom is -0.379 e. The zero-order valence-electron chi connectivity index (χ0n) is 19.5. The molecule has 2 heterocycles. The van der Waals surface area contributed by atoms with Crippen LogP contribution < -0.4 is 10.2 Å². The second-order valence-electron chi connectivity index (χ2n) is 7.70. The molecule has 0 radical (unpaired) electrons. The highest BCUT2D eigenvalue weighted by Crippen LogP contribution is 2.34. The van der Waals surface area contributed by atoms with Gasteiger partial charge in [-0.2, -0.15) is 26.3 Å². The van der Waals surface area contributed by atoms with Crippen LogP contribution in [0.2, 0.25) is 0 Å². The van der Waals surface area contributed by atoms with Gasteiger partial charge in [-0.3, -0.25) is 9.59 Å². The van der Waals surface area contributed by atoms with E-state index >= 15 is 0 Å². The van der Waals surface area contributed by atoms with Crippen molar-refractivity contribution in [2.75, 3.05) is 57.5 Å². The van der Waals surface area contributed by atoms with Gasteiger partial charge in [-0.15, -0.1) is 0 Å². The Kier molecular flexibility index (Phi) is 13.4. The fourth-order valence-electron chi connectivity index (χ4n) is 3.30. The number of hydrogen-bond donors (Lipinski definition) is 1. The molecule has 2 aromatic rings. The van der Waals surface area contributed by atoms with Gasteiger partial charge in [0.25, 0.3) is 0 Å². The van der Waals surface area contributed by atoms with Crippen molar-refractivity contribution in [1.29, 1.82) is 0 Å². The van der Waals surface area contributed by atoms with E-state index in [2.05, 4.69) is 5.32 Å². The lowest BCUT2D eigenvalue weighted by molar-refractivity contribution is -0.138. The number of alkyl halides is 6. The predicted molar refractivity (Wildman–Crippen MR) is 127 cm³/mol. The Bertz CT molecular complexity index is 1010. The van der Waals surface area contributed by atoms with E-state index in [1.165, 1.54) is 12.1 Å². The molecule has 6 nitrogen and oxygen atoms in total. The summed E-state index contributed by atoms with van der Waals surface area (Å²) in [5.41, 5.74) is -2.56. The van der Waals surface area contributed by atoms with Crippen LogP contribution in [-0.4, -0.2) is 65.2 Å². The molecule has 0 bridgehead atoms. The smallest absolute Gasteiger partial charge is 0.379 e. The van der Waals surface area contributed by atoms with Crippen molar-refractivity contribution in [2.45, 2.75) is 19.8 Å². The summed E-state index contributed by atoms with van der Waals surface area (Å²) >= 11 is 0. The summed E-state index contributed by atoms with van der Waals surface area (Å²) < 4.78 is 97.2. The largest absolute Gasteiger partial charge is 0.417 e. The Morgan fingerprint density at radius 1 is 0.737 bits per heavy atom. The molecule has 0 saturated carbocycles. The van der Waals surface area contributed by atoms with E-state index < -0.39 is 34.9 Å². The molecule has 0 aromatic heterocycles. The van der Waals surface area contributed by atoms with E-state index in [-0.39, 0.29) is 25.6 Å². The van der Waals surface area contributed by atoms with Crippen LogP contribution in [0.15, 0.2) is 36.4 Å². The average Bonchev–Trinajstić information content (AvgIpc) is 2.89. The average molecular weight is 555 g/mol. The van der Waals surface area contributed by atoms with Gasteiger partial charge < -0.3 is 19.7 Å². The molecule has 0 aliphatic carbocycles. The van der Waals surface area contributed by atoms with Crippen LogP contribution in [0.3, 0.4) is 0 Å². The van der Waals surface area contributed by atoms with Gasteiger partial charge in [0.05, 0.1) is 37.6 Å². The summed E-state index contributed by atoms with van der Waals surface area (Å²) in [6, 6.07) is 5.66. The number of benzene rings is 2. The van der Waals surface area contributed by atoms with Crippen molar-refractivity contribution in [3.8, 4) is 0 Å². The molecule has 13 heteroatoms. The van der Waals surface area contributed by atoms with Crippen molar-refractivity contribution in [3.05, 3.63) is 64.5 Å². The summed E-state index contributed by atoms with van der Waals surface area (Å²) in [5, 5.41) is 3.16. The molecule has 0 spiro atoms. The van der Waals surface area contributed by atoms with Gasteiger partial charge in [0, 0.05) is 43.0 Å². The van der Waals surface area contributed by atoms with Crippen LogP contribution in [0, 0.1) is 5.82 Å². The van der Waals surface area contributed by atoms with E-state index in [4.69, 9.17) is 9.47 Å². The SMILES string of the molecule is C.C1COCCN1.O=Cc1ccc(F)cc1C(F)(F)F.O=Cc1ccc(N2CCOCC2)cc1C(F)(F)F. The minimum atomic E-state index is -4.70. The maximum atomic E-state index is 12.8. The first-order valence-electron chi connectivity index (χ1n) is 11.1. The number of rotatable bonds is 3. The summed E-state index contributed by atoms with van der Waals surface area (Å²) in [4.78, 5) is 22.6. The molecule has 2 aliphatic rings. The van der Waals surface area contributed by atoms with Crippen molar-refractivity contribution in [1.82, 2.24) is 5.32 Å². The third-order valence-electron chi connectivity index (χ3n) is 5.14. The van der Waals surface area contributed by atoms with Gasteiger partial charge in [0.1, 0.15) is 5.82 Å². The Morgan fingerprint density at radius 3 is 1.63 bits per heavy atom. The molecule has 0 atom stereocenters. The molecule has 2 aromatic carbocycles. The number of anilines is 1. The molecular weight excluding hydrogens is 525 g/mol. The fraction of sp³-hybridized carbons (Fsp3) is 0.440. The number of carbonyl (C=O) groups excluding carboxylic acids is 2. The van der Waals surface area contributed by atoms with Gasteiger partial charge in [-0.25, -0.2) is 4.39 Å². The first-order chi connectivity index (χ1) is 17.5. The van der Waals surface area contributed by atoms with E-state index in [9.17, 15) is 40.3 Å². The maximum Gasteiger partial charge on any atom is 0.417 e. The van der Waals surface area contributed by atoms with Crippen LogP contribution in [-0.2, 0) is 21.8 Å². The fourth-order valence-corrected chi connectivity index (χ4v) is 3.30. The number of carbonyl (C=O) groups is 2. The number of nitrogens with one attached hydrogen (secondary N) is 1. The number of morpholine rings is 2. The standard InChI is InChI=1S/C12H12F3NO2.C8H4F4O.C4H9NO.CH4/c13-12(14,15)11-7-10(2-1-9(11)8-17)16-3-5-18-6-4-16;9-6-2-1-5(4-13)7(3-6)8(10,11)12;1-3-6-4-2-5-1;/h1-2,7-8H,3-6H2;1-4H;5H,1-4H2;1H4. The molecule has 4 rings (SSSR count). The summed E-state index contributed by atoms with van der Waals surface area (Å²) in [6.45, 7) is 5.93. The highest BCUT2D eigenvalue weighted by atomic mass is 19.4. The monoisotopic (exact) mass is 554 g/mol. The molecule has 2 fully saturated rings. The number of ether oxygens (including phenoxy) is 2. The van der Waals surface area contributed by atoms with E-state index in [1.54, 1.807) is 0 Å². The summed E-state index contributed by atoms with van der Waals surface area (Å²) in [7, 11) is 0. The van der Waals surface area contributed by atoms with Crippen LogP contribution in [0.1, 0.15) is 39.3 Å². The molecule has 2 saturated heterocycles. The zero-order valence-corrected chi connectivity index (χ0v) is 19.5. The van der Waals surface area contributed by atoms with Crippen LogP contribution in [0.25, 0.3) is 0 Å². The summed E-state index contributed by atoms with van der Waals surface area (Å²) in [6.07, 6.45) is -8.94. The quantitative estimate of drug-likeness (QED) is 0.413. The lowest BCUT2D eigenvalue weighted by Crippen LogP contribution is -2.36. The van der Waals surface area contributed by atoms with Gasteiger partial charge in [0.2, 0.25) is 0 Å². The molecule has 0 amide bonds. The molecule has 38 heavy (non-hydrogen) atoms. The zero-order chi connectivity index (χ0) is 27.5. The van der Waals surface area contributed by atoms with Crippen molar-refractivity contribution in [2.24, 2.45) is 0 Å². The molecule has 2 aliphatic heterocycles. The molecule has 0 unspecified atom stereocenters. The van der Waals surface area contributed by atoms with E-state index in [0.717, 1.165) is 44.5 Å². The number of halogens is 7. The number of hydrogen-bond acceptors (Lipinski definition) is 6. The highest BCUT2D eigenvalue weighted by Gasteiger charge is 2.34. The maximum absolute atomic E-state index is 12.8. The van der Waals surface area contributed by atoms with Crippen molar-refractivity contribution < 1.29 is 49.8 Å². The Morgan fingerprint density at radius 2 is 1.21 bits per heavy atom. The third-order valence-corrected chi connectivity index (χ3v) is 5.14. The second-order valence-corrected chi connectivity index (χ2v) is 7.70. The molecular formula is C25H29F7N2O4. The first kappa shape index (κ1) is 33.0. The lowest BCUT2D eigenvalue weighted by Gasteiger charge is -2.29. The Hall–Kier alpha value is -3.03. The predicted octanol–water partition coefficient (Wildman–Crippen LogP) is 5.25. The first-order valence-corrected chi connectivity index (χ1v) is 11.1. The second kappa shape index (κ2) is 15.4. The normalized spacial score (nSPS) is 15.6. The lowest BCUT2D eigenvalue weighted by atomic mass is 10.1. The minimum absolute atomic E-state index is 0. The van der Waals surface area contributed by atoms with Crippen molar-refractivity contribution in [3.63, 3.8) is 0 Å².